The van der Waals surface area contributed by atoms with Crippen LogP contribution in [0.15, 0.2) is 18.2 Å². The Morgan fingerprint density at radius 3 is 2.47 bits per heavy atom. The maximum Gasteiger partial charge on any atom is 0.416 e. The van der Waals surface area contributed by atoms with E-state index >= 15 is 0 Å². The number of rotatable bonds is 2. The molecule has 1 aliphatic heterocycles. The molecule has 1 fully saturated rings. The predicted molar refractivity (Wildman–Crippen MR) is 69.0 cm³/mol. The number of nitrogens with two attached hydrogens (primary N) is 1. The van der Waals surface area contributed by atoms with E-state index in [0.29, 0.717) is 0 Å². The van der Waals surface area contributed by atoms with Crippen LogP contribution in [0.25, 0.3) is 0 Å². The van der Waals surface area contributed by atoms with Crippen LogP contribution in [0.5, 0.6) is 0 Å². The van der Waals surface area contributed by atoms with Gasteiger partial charge in [0.1, 0.15) is 0 Å². The van der Waals surface area contributed by atoms with Crippen molar-refractivity contribution < 1.29 is 13.2 Å². The van der Waals surface area contributed by atoms with E-state index in [2.05, 4.69) is 5.32 Å². The first-order valence-electron chi connectivity index (χ1n) is 6.22. The number of alkyl halides is 3. The third-order valence-corrected chi connectivity index (χ3v) is 3.81. The topological polar surface area (TPSA) is 38.0 Å². The lowest BCUT2D eigenvalue weighted by Gasteiger charge is -2.30. The van der Waals surface area contributed by atoms with Gasteiger partial charge in [0.15, 0.2) is 0 Å². The summed E-state index contributed by atoms with van der Waals surface area (Å²) in [4.78, 5) is 0. The van der Waals surface area contributed by atoms with E-state index in [1.807, 2.05) is 0 Å². The molecule has 0 aliphatic carbocycles. The molecule has 0 bridgehead atoms. The first-order chi connectivity index (χ1) is 8.89. The van der Waals surface area contributed by atoms with Crippen LogP contribution in [-0.2, 0) is 6.18 Å². The zero-order valence-corrected chi connectivity index (χ0v) is 11.1. The number of nitrogens with one attached hydrogen (secondary N) is 1. The Balaban J connectivity index is 2.32. The van der Waals surface area contributed by atoms with Crippen molar-refractivity contribution >= 4 is 11.6 Å². The summed E-state index contributed by atoms with van der Waals surface area (Å²) in [5.41, 5.74) is 5.47. The molecule has 6 heteroatoms. The average Bonchev–Trinajstić information content (AvgIpc) is 2.38. The molecule has 2 nitrogen and oxygen atoms in total. The van der Waals surface area contributed by atoms with E-state index in [1.165, 1.54) is 12.1 Å². The van der Waals surface area contributed by atoms with Crippen molar-refractivity contribution in [2.24, 2.45) is 11.7 Å². The Morgan fingerprint density at radius 2 is 1.89 bits per heavy atom. The summed E-state index contributed by atoms with van der Waals surface area (Å²) in [7, 11) is 0. The highest BCUT2D eigenvalue weighted by molar-refractivity contribution is 6.30. The Kier molecular flexibility index (Phi) is 4.38. The molecule has 0 spiro atoms. The summed E-state index contributed by atoms with van der Waals surface area (Å²) in [6, 6.07) is 3.22. The van der Waals surface area contributed by atoms with Crippen LogP contribution in [0.2, 0.25) is 5.02 Å². The van der Waals surface area contributed by atoms with Gasteiger partial charge < -0.3 is 11.1 Å². The van der Waals surface area contributed by atoms with Crippen molar-refractivity contribution in [3.8, 4) is 0 Å². The highest BCUT2D eigenvalue weighted by Gasteiger charge is 2.36. The molecule has 1 aliphatic rings. The largest absolute Gasteiger partial charge is 0.416 e. The van der Waals surface area contributed by atoms with Crippen LogP contribution >= 0.6 is 11.6 Å². The minimum absolute atomic E-state index is 0.0727. The summed E-state index contributed by atoms with van der Waals surface area (Å²) in [6.07, 6.45) is -2.84. The summed E-state index contributed by atoms with van der Waals surface area (Å²) < 4.78 is 39.1. The number of benzene rings is 1. The fourth-order valence-corrected chi connectivity index (χ4v) is 2.69. The number of hydrogen-bond acceptors (Lipinski definition) is 2. The van der Waals surface area contributed by atoms with Gasteiger partial charge in [0, 0.05) is 11.1 Å². The lowest BCUT2D eigenvalue weighted by atomic mass is 9.84. The van der Waals surface area contributed by atoms with Crippen LogP contribution < -0.4 is 11.1 Å². The molecule has 1 atom stereocenters. The second kappa shape index (κ2) is 5.69. The summed E-state index contributed by atoms with van der Waals surface area (Å²) in [6.45, 7) is 1.60. The molecule has 0 unspecified atom stereocenters. The van der Waals surface area contributed by atoms with Gasteiger partial charge in [-0.05, 0) is 49.5 Å². The van der Waals surface area contributed by atoms with Gasteiger partial charge in [0.2, 0.25) is 0 Å². The Labute approximate surface area is 115 Å². The first kappa shape index (κ1) is 14.6. The van der Waals surface area contributed by atoms with Gasteiger partial charge in [0.05, 0.1) is 5.56 Å². The number of halogens is 4. The van der Waals surface area contributed by atoms with Crippen molar-refractivity contribution in [2.45, 2.75) is 25.1 Å². The zero-order chi connectivity index (χ0) is 14.0. The van der Waals surface area contributed by atoms with E-state index in [1.54, 1.807) is 0 Å². The molecule has 0 saturated carbocycles. The molecular formula is C13H16ClF3N2. The maximum absolute atomic E-state index is 13.0. The van der Waals surface area contributed by atoms with Gasteiger partial charge in [-0.1, -0.05) is 17.7 Å². The van der Waals surface area contributed by atoms with E-state index in [9.17, 15) is 13.2 Å². The second-order valence-electron chi connectivity index (χ2n) is 4.84. The first-order valence-corrected chi connectivity index (χ1v) is 6.60. The monoisotopic (exact) mass is 292 g/mol. The Morgan fingerprint density at radius 1 is 1.26 bits per heavy atom. The molecule has 1 aromatic carbocycles. The normalized spacial score (nSPS) is 19.4. The van der Waals surface area contributed by atoms with E-state index in [4.69, 9.17) is 17.3 Å². The highest BCUT2D eigenvalue weighted by Crippen LogP contribution is 2.38. The van der Waals surface area contributed by atoms with Crippen LogP contribution in [0, 0.1) is 5.92 Å². The van der Waals surface area contributed by atoms with E-state index in [0.717, 1.165) is 32.0 Å². The number of hydrogen-bond donors (Lipinski definition) is 2. The third kappa shape index (κ3) is 3.41. The second-order valence-corrected chi connectivity index (χ2v) is 5.28. The molecule has 19 heavy (non-hydrogen) atoms. The molecule has 1 heterocycles. The summed E-state index contributed by atoms with van der Waals surface area (Å²) in [5.74, 6) is 0.0727. The van der Waals surface area contributed by atoms with Crippen molar-refractivity contribution in [3.05, 3.63) is 34.3 Å². The van der Waals surface area contributed by atoms with Crippen LogP contribution in [-0.4, -0.2) is 13.1 Å². The van der Waals surface area contributed by atoms with Crippen LogP contribution in [0.4, 0.5) is 13.2 Å². The van der Waals surface area contributed by atoms with Gasteiger partial charge in [-0.3, -0.25) is 0 Å². The Bertz CT molecular complexity index is 442. The van der Waals surface area contributed by atoms with Gasteiger partial charge in [-0.15, -0.1) is 0 Å². The maximum atomic E-state index is 13.0. The predicted octanol–water partition coefficient (Wildman–Crippen LogP) is 3.36. The standard InChI is InChI=1S/C13H16ClF3N2/c14-9-1-2-10(11(7-9)13(15,16)17)12(18)8-3-5-19-6-4-8/h1-2,7-8,12,19H,3-6,18H2/t12-/m1/s1. The zero-order valence-electron chi connectivity index (χ0n) is 10.3. The van der Waals surface area contributed by atoms with Crippen molar-refractivity contribution in [1.29, 1.82) is 0 Å². The molecule has 3 N–H and O–H groups in total. The van der Waals surface area contributed by atoms with Gasteiger partial charge in [-0.2, -0.15) is 13.2 Å². The average molecular weight is 293 g/mol. The molecule has 2 rings (SSSR count). The summed E-state index contributed by atoms with van der Waals surface area (Å²) >= 11 is 5.66. The fraction of sp³-hybridized carbons (Fsp3) is 0.538. The van der Waals surface area contributed by atoms with E-state index in [-0.39, 0.29) is 16.5 Å². The molecule has 0 aromatic heterocycles. The summed E-state index contributed by atoms with van der Waals surface area (Å²) in [5, 5.41) is 3.25. The smallest absolute Gasteiger partial charge is 0.324 e. The molecule has 106 valence electrons. The van der Waals surface area contributed by atoms with Gasteiger partial charge in [-0.25, -0.2) is 0 Å². The van der Waals surface area contributed by atoms with Crippen LogP contribution in [0.1, 0.15) is 30.0 Å². The molecular weight excluding hydrogens is 277 g/mol. The SMILES string of the molecule is N[C@@H](c1ccc(Cl)cc1C(F)(F)F)C1CCNCC1. The molecule has 0 radical (unpaired) electrons. The highest BCUT2D eigenvalue weighted by atomic mass is 35.5. The minimum atomic E-state index is -4.43. The Hall–Kier alpha value is -0.780. The molecule has 0 amide bonds. The lowest BCUT2D eigenvalue weighted by Crippen LogP contribution is -2.34. The number of piperidine rings is 1. The molecule has 1 aromatic rings. The van der Waals surface area contributed by atoms with Gasteiger partial charge in [0.25, 0.3) is 0 Å². The van der Waals surface area contributed by atoms with E-state index < -0.39 is 17.8 Å². The quantitative estimate of drug-likeness (QED) is 0.877. The fourth-order valence-electron chi connectivity index (χ4n) is 2.52. The lowest BCUT2D eigenvalue weighted by molar-refractivity contribution is -0.138. The van der Waals surface area contributed by atoms with Crippen molar-refractivity contribution in [2.75, 3.05) is 13.1 Å². The van der Waals surface area contributed by atoms with Crippen LogP contribution in [0.3, 0.4) is 0 Å². The third-order valence-electron chi connectivity index (χ3n) is 3.57. The van der Waals surface area contributed by atoms with Crippen molar-refractivity contribution in [3.63, 3.8) is 0 Å². The van der Waals surface area contributed by atoms with Gasteiger partial charge >= 0.3 is 6.18 Å². The minimum Gasteiger partial charge on any atom is -0.324 e. The van der Waals surface area contributed by atoms with Crippen molar-refractivity contribution in [1.82, 2.24) is 5.32 Å². The molecule has 1 saturated heterocycles.